The Morgan fingerprint density at radius 1 is 0.848 bits per heavy atom. The number of carbonyl (C=O) groups is 2. The Morgan fingerprint density at radius 2 is 1.57 bits per heavy atom. The first-order valence-electron chi connectivity index (χ1n) is 14.1. The fraction of sp³-hybridized carbons (Fsp3) is 0.139. The first-order valence-corrected chi connectivity index (χ1v) is 14.5. The maximum atomic E-state index is 15.1. The van der Waals surface area contributed by atoms with Crippen molar-refractivity contribution >= 4 is 29.9 Å². The fourth-order valence-corrected chi connectivity index (χ4v) is 5.18. The van der Waals surface area contributed by atoms with Crippen molar-refractivity contribution in [3.63, 3.8) is 0 Å². The van der Waals surface area contributed by atoms with Gasteiger partial charge in [-0.05, 0) is 77.1 Å². The molecule has 0 saturated heterocycles. The summed E-state index contributed by atoms with van der Waals surface area (Å²) in [5, 5.41) is 0.146. The smallest absolute Gasteiger partial charge is 0.236 e. The molecular weight excluding hydrogens is 609 g/mol. The molecule has 2 aromatic heterocycles. The minimum atomic E-state index is -0.454. The van der Waals surface area contributed by atoms with Crippen molar-refractivity contribution in [1.82, 2.24) is 9.97 Å². The Labute approximate surface area is 270 Å². The van der Waals surface area contributed by atoms with Gasteiger partial charge >= 0.3 is 0 Å². The number of rotatable bonds is 12. The Balaban J connectivity index is 1.38. The van der Waals surface area contributed by atoms with Crippen molar-refractivity contribution in [3.8, 4) is 39.8 Å². The Bertz CT molecular complexity index is 1970. The molecule has 46 heavy (non-hydrogen) atoms. The first-order chi connectivity index (χ1) is 22.3. The molecule has 0 amide bonds. The maximum absolute atomic E-state index is 15.1. The zero-order chi connectivity index (χ0) is 32.6. The fourth-order valence-electron chi connectivity index (χ4n) is 4.97. The van der Waals surface area contributed by atoms with Gasteiger partial charge in [-0.15, -0.1) is 0 Å². The average Bonchev–Trinajstić information content (AvgIpc) is 3.07. The predicted molar refractivity (Wildman–Crippen MR) is 172 cm³/mol. The Hall–Kier alpha value is -5.59. The van der Waals surface area contributed by atoms with Crippen LogP contribution in [-0.4, -0.2) is 29.1 Å². The highest BCUT2D eigenvalue weighted by Gasteiger charge is 2.17. The third-order valence-corrected chi connectivity index (χ3v) is 7.60. The second-order valence-electron chi connectivity index (χ2n) is 10.2. The molecule has 0 unspecified atom stereocenters. The van der Waals surface area contributed by atoms with Gasteiger partial charge < -0.3 is 14.2 Å². The molecule has 0 N–H and O–H groups in total. The van der Waals surface area contributed by atoms with Gasteiger partial charge in [0, 0.05) is 24.0 Å². The minimum Gasteiger partial charge on any atom is -0.486 e. The molecule has 0 bridgehead atoms. The molecule has 5 rings (SSSR count). The van der Waals surface area contributed by atoms with E-state index in [1.54, 1.807) is 24.4 Å². The lowest BCUT2D eigenvalue weighted by Gasteiger charge is -2.17. The normalized spacial score (nSPS) is 10.6. The zero-order valence-corrected chi connectivity index (χ0v) is 25.7. The molecule has 0 spiro atoms. The molecule has 230 valence electrons. The number of aldehydes is 2. The van der Waals surface area contributed by atoms with Crippen molar-refractivity contribution in [2.45, 2.75) is 27.1 Å². The van der Waals surface area contributed by atoms with Crippen molar-refractivity contribution < 1.29 is 28.2 Å². The number of hydrogen-bond acceptors (Lipinski definition) is 7. The molecule has 0 saturated carbocycles. The van der Waals surface area contributed by atoms with E-state index < -0.39 is 5.82 Å². The number of aromatic nitrogens is 2. The summed E-state index contributed by atoms with van der Waals surface area (Å²) in [5.74, 6) is -0.0432. The standard InChI is InChI=1S/C36H27ClFN3O5/c1-22-25(21-46-36-33(37)15-26(19-43)35(41-36)45-20-24-14-27(39-3)18-40-17-24)6-4-7-29(22)30-8-5-9-31(23(30)2)32-11-10-28(16-34(32)38)44-13-12-42/h4-12,14-19H,13,20-21H2,1-2H3. The van der Waals surface area contributed by atoms with Crippen LogP contribution in [0.25, 0.3) is 27.1 Å². The molecule has 0 aliphatic rings. The molecule has 0 fully saturated rings. The molecule has 0 aliphatic carbocycles. The maximum Gasteiger partial charge on any atom is 0.236 e. The van der Waals surface area contributed by atoms with Crippen LogP contribution >= 0.6 is 11.6 Å². The van der Waals surface area contributed by atoms with Crippen molar-refractivity contribution in [1.29, 1.82) is 0 Å². The van der Waals surface area contributed by atoms with Crippen LogP contribution in [0.2, 0.25) is 5.02 Å². The summed E-state index contributed by atoms with van der Waals surface area (Å²) in [6, 6.07) is 19.2. The highest BCUT2D eigenvalue weighted by Crippen LogP contribution is 2.37. The van der Waals surface area contributed by atoms with Crippen LogP contribution in [0.4, 0.5) is 10.1 Å². The van der Waals surface area contributed by atoms with Crippen molar-refractivity contribution in [2.24, 2.45) is 0 Å². The van der Waals surface area contributed by atoms with Gasteiger partial charge in [-0.2, -0.15) is 4.98 Å². The second-order valence-corrected chi connectivity index (χ2v) is 10.6. The molecule has 2 heterocycles. The first kappa shape index (κ1) is 31.8. The van der Waals surface area contributed by atoms with Crippen LogP contribution in [-0.2, 0) is 18.0 Å². The Kier molecular flexibility index (Phi) is 10.0. The summed E-state index contributed by atoms with van der Waals surface area (Å²) >= 11 is 6.41. The second kappa shape index (κ2) is 14.5. The van der Waals surface area contributed by atoms with E-state index in [0.29, 0.717) is 29.4 Å². The van der Waals surface area contributed by atoms with Gasteiger partial charge in [0.05, 0.1) is 12.1 Å². The van der Waals surface area contributed by atoms with E-state index in [2.05, 4.69) is 14.8 Å². The summed E-state index contributed by atoms with van der Waals surface area (Å²) in [5.41, 5.74) is 6.88. The van der Waals surface area contributed by atoms with E-state index in [0.717, 1.165) is 33.4 Å². The van der Waals surface area contributed by atoms with Gasteiger partial charge in [-0.1, -0.05) is 48.0 Å². The highest BCUT2D eigenvalue weighted by molar-refractivity contribution is 6.32. The average molecular weight is 636 g/mol. The van der Waals surface area contributed by atoms with Gasteiger partial charge in [0.1, 0.15) is 36.4 Å². The number of pyridine rings is 2. The summed E-state index contributed by atoms with van der Waals surface area (Å²) in [4.78, 5) is 34.1. The number of hydrogen-bond donors (Lipinski definition) is 0. The van der Waals surface area contributed by atoms with Crippen molar-refractivity contribution in [2.75, 3.05) is 6.61 Å². The van der Waals surface area contributed by atoms with Gasteiger partial charge in [-0.3, -0.25) is 14.6 Å². The van der Waals surface area contributed by atoms with Crippen LogP contribution in [0, 0.1) is 26.2 Å². The SMILES string of the molecule is [C-]#[N+]c1cncc(COc2nc(OCc3cccc(-c4cccc(-c5ccc(OCC=O)cc5F)c4C)c3C)c(Cl)cc2C=O)c1. The van der Waals surface area contributed by atoms with Gasteiger partial charge in [0.25, 0.3) is 0 Å². The van der Waals surface area contributed by atoms with Crippen LogP contribution in [0.15, 0.2) is 79.1 Å². The molecule has 8 nitrogen and oxygen atoms in total. The highest BCUT2D eigenvalue weighted by atomic mass is 35.5. The third kappa shape index (κ3) is 7.04. The van der Waals surface area contributed by atoms with Crippen LogP contribution in [0.5, 0.6) is 17.5 Å². The molecule has 3 aromatic carbocycles. The lowest BCUT2D eigenvalue weighted by atomic mass is 9.89. The van der Waals surface area contributed by atoms with E-state index in [4.69, 9.17) is 32.4 Å². The number of nitrogens with zero attached hydrogens (tertiary/aromatic N) is 3. The van der Waals surface area contributed by atoms with Gasteiger partial charge in [0.2, 0.25) is 17.4 Å². The Morgan fingerprint density at radius 3 is 2.28 bits per heavy atom. The van der Waals surface area contributed by atoms with Crippen LogP contribution < -0.4 is 14.2 Å². The molecule has 0 radical (unpaired) electrons. The third-order valence-electron chi connectivity index (χ3n) is 7.33. The summed E-state index contributed by atoms with van der Waals surface area (Å²) in [7, 11) is 0. The van der Waals surface area contributed by atoms with E-state index in [1.165, 1.54) is 18.3 Å². The van der Waals surface area contributed by atoms with E-state index >= 15 is 4.39 Å². The number of ether oxygens (including phenoxy) is 3. The number of carbonyl (C=O) groups excluding carboxylic acids is 2. The lowest BCUT2D eigenvalue weighted by Crippen LogP contribution is -2.05. The summed E-state index contributed by atoms with van der Waals surface area (Å²) in [6.45, 7) is 11.1. The monoisotopic (exact) mass is 635 g/mol. The van der Waals surface area contributed by atoms with E-state index in [1.807, 2.05) is 50.2 Å². The largest absolute Gasteiger partial charge is 0.486 e. The molecule has 0 atom stereocenters. The molecule has 5 aromatic rings. The summed E-state index contributed by atoms with van der Waals surface area (Å²) < 4.78 is 32.2. The molecule has 0 aliphatic heterocycles. The van der Waals surface area contributed by atoms with Crippen LogP contribution in [0.3, 0.4) is 0 Å². The molecule has 10 heteroatoms. The molecular formula is C36H27ClFN3O5. The van der Waals surface area contributed by atoms with E-state index in [9.17, 15) is 9.59 Å². The number of benzene rings is 3. The quantitative estimate of drug-likeness (QED) is 0.101. The number of halogens is 2. The summed E-state index contributed by atoms with van der Waals surface area (Å²) in [6.07, 6.45) is 4.22. The lowest BCUT2D eigenvalue weighted by molar-refractivity contribution is -0.109. The van der Waals surface area contributed by atoms with Crippen LogP contribution in [0.1, 0.15) is 32.6 Å². The minimum absolute atomic E-state index is 0.0346. The predicted octanol–water partition coefficient (Wildman–Crippen LogP) is 8.32. The van der Waals surface area contributed by atoms with E-state index in [-0.39, 0.29) is 47.9 Å². The van der Waals surface area contributed by atoms with Crippen molar-refractivity contribution in [3.05, 3.63) is 129 Å². The van der Waals surface area contributed by atoms with Gasteiger partial charge in [0.15, 0.2) is 12.6 Å². The van der Waals surface area contributed by atoms with Gasteiger partial charge in [-0.25, -0.2) is 9.24 Å². The zero-order valence-electron chi connectivity index (χ0n) is 24.9. The topological polar surface area (TPSA) is 92.0 Å².